The van der Waals surface area contributed by atoms with Crippen molar-refractivity contribution in [2.24, 2.45) is 0 Å². The average Bonchev–Trinajstić information content (AvgIpc) is 2.31. The first kappa shape index (κ1) is 10.5. The number of ether oxygens (including phenoxy) is 1. The number of rotatable bonds is 2. The van der Waals surface area contributed by atoms with E-state index in [1.807, 2.05) is 0 Å². The number of aliphatic hydroxyl groups is 2. The monoisotopic (exact) mass is 186 g/mol. The van der Waals surface area contributed by atoms with Crippen LogP contribution in [0.15, 0.2) is 18.4 Å². The molecule has 1 rings (SSSR count). The molecule has 72 valence electrons. The Kier molecular flexibility index (Phi) is 2.93. The minimum atomic E-state index is -1.99. The molecule has 0 aromatic rings. The molecule has 0 bridgehead atoms. The van der Waals surface area contributed by atoms with Crippen molar-refractivity contribution in [3.8, 4) is 0 Å². The number of halogens is 1. The first-order valence-electron chi connectivity index (χ1n) is 4.06. The van der Waals surface area contributed by atoms with Gasteiger partial charge in [-0.15, -0.1) is 5.73 Å². The summed E-state index contributed by atoms with van der Waals surface area (Å²) in [5, 5.41) is 18.2. The molecule has 1 aliphatic heterocycles. The summed E-state index contributed by atoms with van der Waals surface area (Å²) in [6.07, 6.45) is -1.19. The van der Waals surface area contributed by atoms with Gasteiger partial charge in [0.1, 0.15) is 20.1 Å². The Bertz CT molecular complexity index is 242. The van der Waals surface area contributed by atoms with E-state index in [2.05, 4.69) is 12.3 Å². The predicted octanol–water partition coefficient (Wildman–Crippen LogP) is -1.25. The minimum absolute atomic E-state index is 0.401. The largest absolute Gasteiger partial charge is 0.394 e. The molecule has 0 amide bonds. The van der Waals surface area contributed by atoms with E-state index in [4.69, 9.17) is 9.84 Å². The summed E-state index contributed by atoms with van der Waals surface area (Å²) < 4.78 is 18.9. The lowest BCUT2D eigenvalue weighted by Crippen LogP contribution is -2.43. The molecule has 4 atom stereocenters. The zero-order valence-electron chi connectivity index (χ0n) is 7.40. The molecular weight excluding hydrogens is 174 g/mol. The van der Waals surface area contributed by atoms with Gasteiger partial charge in [0.2, 0.25) is 0 Å². The second kappa shape index (κ2) is 3.64. The fourth-order valence-electron chi connectivity index (χ4n) is 1.47. The van der Waals surface area contributed by atoms with E-state index in [9.17, 15) is 9.50 Å². The molecule has 0 spiro atoms. The lowest BCUT2D eigenvalue weighted by molar-refractivity contribution is -0.00855. The topological polar surface area (TPSA) is 49.7 Å². The Morgan fingerprint density at radius 3 is 2.77 bits per heavy atom. The van der Waals surface area contributed by atoms with Crippen molar-refractivity contribution in [1.29, 1.82) is 0 Å². The second-order valence-corrected chi connectivity index (χ2v) is 3.12. The number of hydrogen-bond acceptors (Lipinski definition) is 3. The van der Waals surface area contributed by atoms with E-state index in [0.29, 0.717) is 0 Å². The number of hydrogen-bond donors (Lipinski definition) is 2. The van der Waals surface area contributed by atoms with Crippen LogP contribution >= 0.6 is 0 Å². The van der Waals surface area contributed by atoms with Gasteiger partial charge < -0.3 is 14.9 Å². The van der Waals surface area contributed by atoms with E-state index < -0.39 is 30.5 Å². The third-order valence-corrected chi connectivity index (χ3v) is 2.31. The molecule has 5 heteroatoms. The van der Waals surface area contributed by atoms with Crippen LogP contribution in [0.25, 0.3) is 0 Å². The van der Waals surface area contributed by atoms with Gasteiger partial charge in [0.25, 0.3) is 0 Å². The molecule has 0 aromatic heterocycles. The van der Waals surface area contributed by atoms with Crippen molar-refractivity contribution in [1.82, 2.24) is 0 Å². The highest BCUT2D eigenvalue weighted by Crippen LogP contribution is 2.34. The van der Waals surface area contributed by atoms with E-state index in [-0.39, 0.29) is 0 Å². The van der Waals surface area contributed by atoms with Crippen LogP contribution in [0, 0.1) is 0 Å². The smallest absolute Gasteiger partial charge is 0.182 e. The zero-order valence-corrected chi connectivity index (χ0v) is 7.40. The predicted molar refractivity (Wildman–Crippen MR) is 47.8 cm³/mol. The van der Waals surface area contributed by atoms with Gasteiger partial charge in [-0.1, -0.05) is 6.58 Å². The molecule has 1 heterocycles. The van der Waals surface area contributed by atoms with Gasteiger partial charge >= 0.3 is 0 Å². The third kappa shape index (κ3) is 1.56. The van der Waals surface area contributed by atoms with Crippen LogP contribution in [0.2, 0.25) is 0 Å². The Labute approximate surface area is 76.9 Å². The summed E-state index contributed by atoms with van der Waals surface area (Å²) in [6.45, 7) is 2.84. The minimum Gasteiger partial charge on any atom is -0.394 e. The fraction of sp³-hybridized carbons (Fsp3) is 0.625. The molecule has 2 unspecified atom stereocenters. The molecular formula is C8H12BFO3. The highest BCUT2D eigenvalue weighted by atomic mass is 19.1. The van der Waals surface area contributed by atoms with Crippen LogP contribution in [0.4, 0.5) is 4.39 Å². The van der Waals surface area contributed by atoms with Crippen LogP contribution in [0.3, 0.4) is 0 Å². The Hall–Kier alpha value is -0.605. The van der Waals surface area contributed by atoms with Crippen molar-refractivity contribution >= 4 is 7.85 Å². The normalized spacial score (nSPS) is 44.4. The summed E-state index contributed by atoms with van der Waals surface area (Å²) in [5.74, 6) is 0. The molecule has 1 fully saturated rings. The van der Waals surface area contributed by atoms with Crippen molar-refractivity contribution < 1.29 is 19.3 Å². The van der Waals surface area contributed by atoms with E-state index in [1.54, 1.807) is 0 Å². The van der Waals surface area contributed by atoms with Crippen LogP contribution in [0.5, 0.6) is 0 Å². The van der Waals surface area contributed by atoms with Crippen LogP contribution in [0.1, 0.15) is 0 Å². The second-order valence-electron chi connectivity index (χ2n) is 3.12. The maximum atomic E-state index is 13.9. The number of alkyl halides is 1. The Balaban J connectivity index is 2.91. The van der Waals surface area contributed by atoms with E-state index in [0.717, 1.165) is 6.08 Å². The zero-order chi connectivity index (χ0) is 10.1. The van der Waals surface area contributed by atoms with Crippen molar-refractivity contribution in [2.75, 3.05) is 6.61 Å². The molecule has 3 nitrogen and oxygen atoms in total. The summed E-state index contributed by atoms with van der Waals surface area (Å²) in [5.41, 5.74) is 0.293. The van der Waals surface area contributed by atoms with Crippen molar-refractivity contribution in [2.45, 2.75) is 23.9 Å². The lowest BCUT2D eigenvalue weighted by Gasteiger charge is -2.21. The fourth-order valence-corrected chi connectivity index (χ4v) is 1.47. The van der Waals surface area contributed by atoms with Crippen molar-refractivity contribution in [3.05, 3.63) is 18.4 Å². The molecule has 0 aromatic carbocycles. The first-order valence-corrected chi connectivity index (χ1v) is 4.06. The average molecular weight is 186 g/mol. The van der Waals surface area contributed by atoms with Gasteiger partial charge in [-0.2, -0.15) is 0 Å². The van der Waals surface area contributed by atoms with Gasteiger partial charge in [-0.3, -0.25) is 0 Å². The van der Waals surface area contributed by atoms with E-state index in [1.165, 1.54) is 7.85 Å². The highest BCUT2D eigenvalue weighted by molar-refractivity contribution is 6.12. The van der Waals surface area contributed by atoms with Crippen molar-refractivity contribution in [3.63, 3.8) is 0 Å². The van der Waals surface area contributed by atoms with Crippen LogP contribution in [-0.4, -0.2) is 48.5 Å². The lowest BCUT2D eigenvalue weighted by atomic mass is 9.82. The SMILES string of the molecule is B[C@@H]1O[C@H](CO)C(O)C1(F)C=C=C. The van der Waals surface area contributed by atoms with Crippen LogP contribution < -0.4 is 0 Å². The van der Waals surface area contributed by atoms with Gasteiger partial charge in [0.15, 0.2) is 5.67 Å². The molecule has 0 aliphatic carbocycles. The molecule has 0 radical (unpaired) electrons. The molecule has 13 heavy (non-hydrogen) atoms. The van der Waals surface area contributed by atoms with E-state index >= 15 is 0 Å². The molecule has 1 saturated heterocycles. The van der Waals surface area contributed by atoms with Gasteiger partial charge in [-0.05, 0) is 6.08 Å². The molecule has 1 aliphatic rings. The highest BCUT2D eigenvalue weighted by Gasteiger charge is 2.53. The van der Waals surface area contributed by atoms with Crippen LogP contribution in [-0.2, 0) is 4.74 Å². The maximum absolute atomic E-state index is 13.9. The first-order chi connectivity index (χ1) is 6.06. The Morgan fingerprint density at radius 2 is 2.38 bits per heavy atom. The summed E-state index contributed by atoms with van der Waals surface area (Å²) >= 11 is 0. The Morgan fingerprint density at radius 1 is 1.77 bits per heavy atom. The molecule has 2 N–H and O–H groups in total. The maximum Gasteiger partial charge on any atom is 0.182 e. The standard InChI is InChI=1S/C8H12BFO3/c1-2-3-8(10)6(12)5(4-11)13-7(8)9/h3,5-7,11-12H,1,4,9H2/t5-,6?,7-,8?/m1/s1. The quantitative estimate of drug-likeness (QED) is 0.418. The van der Waals surface area contributed by atoms with Gasteiger partial charge in [0, 0.05) is 0 Å². The molecule has 0 saturated carbocycles. The third-order valence-electron chi connectivity index (χ3n) is 2.31. The summed E-state index contributed by atoms with van der Waals surface area (Å²) in [4.78, 5) is 0. The van der Waals surface area contributed by atoms with Gasteiger partial charge in [0.05, 0.1) is 12.6 Å². The number of aliphatic hydroxyl groups excluding tert-OH is 2. The summed E-state index contributed by atoms with van der Waals surface area (Å²) in [6, 6.07) is -0.797. The summed E-state index contributed by atoms with van der Waals surface area (Å²) in [7, 11) is 1.49. The van der Waals surface area contributed by atoms with Gasteiger partial charge in [-0.25, -0.2) is 4.39 Å².